The molecule has 1 heterocycles. The summed E-state index contributed by atoms with van der Waals surface area (Å²) in [5.74, 6) is -0.337. The molecule has 0 saturated carbocycles. The van der Waals surface area contributed by atoms with Crippen molar-refractivity contribution in [2.24, 2.45) is 0 Å². The lowest BCUT2D eigenvalue weighted by atomic mass is 10.2. The highest BCUT2D eigenvalue weighted by Crippen LogP contribution is 2.29. The van der Waals surface area contributed by atoms with Crippen LogP contribution in [0, 0.1) is 0 Å². The van der Waals surface area contributed by atoms with Gasteiger partial charge in [-0.1, -0.05) is 30.3 Å². The molecule has 0 amide bonds. The zero-order chi connectivity index (χ0) is 12.3. The molecule has 1 aromatic rings. The molecule has 0 N–H and O–H groups in total. The van der Waals surface area contributed by atoms with E-state index in [9.17, 15) is 4.79 Å². The minimum Gasteiger partial charge on any atom is -0.436 e. The first-order chi connectivity index (χ1) is 8.15. The van der Waals surface area contributed by atoms with Gasteiger partial charge in [-0.05, 0) is 6.92 Å². The normalized spacial score (nSPS) is 28.7. The van der Waals surface area contributed by atoms with Crippen molar-refractivity contribution in [3.63, 3.8) is 0 Å². The number of carbonyl (C=O) groups excluding carboxylic acids is 1. The maximum Gasteiger partial charge on any atom is 0.304 e. The largest absolute Gasteiger partial charge is 0.436 e. The highest BCUT2D eigenvalue weighted by Gasteiger charge is 2.30. The predicted molar refractivity (Wildman–Crippen MR) is 61.0 cm³/mol. The summed E-state index contributed by atoms with van der Waals surface area (Å²) in [5, 5.41) is 0. The average molecular weight is 236 g/mol. The molecular weight excluding hydrogens is 220 g/mol. The van der Waals surface area contributed by atoms with E-state index >= 15 is 0 Å². The molecule has 17 heavy (non-hydrogen) atoms. The minimum absolute atomic E-state index is 0.00157. The summed E-state index contributed by atoms with van der Waals surface area (Å²) in [7, 11) is 0. The molecule has 0 aliphatic carbocycles. The Bertz CT molecular complexity index is 376. The van der Waals surface area contributed by atoms with Crippen LogP contribution in [-0.2, 0) is 19.0 Å². The van der Waals surface area contributed by atoms with Gasteiger partial charge >= 0.3 is 5.97 Å². The van der Waals surface area contributed by atoms with Crippen LogP contribution in [0.25, 0.3) is 0 Å². The zero-order valence-corrected chi connectivity index (χ0v) is 9.96. The molecule has 0 unspecified atom stereocenters. The molecule has 1 saturated heterocycles. The van der Waals surface area contributed by atoms with Crippen LogP contribution in [0.5, 0.6) is 0 Å². The van der Waals surface area contributed by atoms with E-state index in [4.69, 9.17) is 14.2 Å². The van der Waals surface area contributed by atoms with Gasteiger partial charge in [0, 0.05) is 18.9 Å². The van der Waals surface area contributed by atoms with Crippen LogP contribution in [0.3, 0.4) is 0 Å². The molecule has 1 aliphatic rings. The first-order valence-electron chi connectivity index (χ1n) is 5.68. The summed E-state index contributed by atoms with van der Waals surface area (Å²) in [6, 6.07) is 9.62. The van der Waals surface area contributed by atoms with Gasteiger partial charge in [-0.2, -0.15) is 0 Å². The molecule has 92 valence electrons. The number of carbonyl (C=O) groups is 1. The van der Waals surface area contributed by atoms with Gasteiger partial charge in [-0.25, -0.2) is 0 Å². The Hall–Kier alpha value is -1.39. The van der Waals surface area contributed by atoms with Crippen LogP contribution in [-0.4, -0.2) is 18.4 Å². The van der Waals surface area contributed by atoms with Gasteiger partial charge in [-0.3, -0.25) is 4.79 Å². The van der Waals surface area contributed by atoms with Crippen LogP contribution in [0.4, 0.5) is 0 Å². The number of rotatable bonds is 2. The van der Waals surface area contributed by atoms with Crippen molar-refractivity contribution in [2.45, 2.75) is 39.0 Å². The lowest BCUT2D eigenvalue weighted by Crippen LogP contribution is -2.34. The van der Waals surface area contributed by atoms with E-state index in [1.807, 2.05) is 37.3 Å². The van der Waals surface area contributed by atoms with Crippen molar-refractivity contribution in [1.29, 1.82) is 0 Å². The van der Waals surface area contributed by atoms with Crippen LogP contribution in [0.15, 0.2) is 30.3 Å². The summed E-state index contributed by atoms with van der Waals surface area (Å²) in [6.45, 7) is 3.32. The van der Waals surface area contributed by atoms with Gasteiger partial charge in [0.1, 0.15) is 0 Å². The van der Waals surface area contributed by atoms with E-state index in [0.29, 0.717) is 6.42 Å². The second-order valence-electron chi connectivity index (χ2n) is 4.10. The van der Waals surface area contributed by atoms with Crippen LogP contribution >= 0.6 is 0 Å². The molecule has 4 nitrogen and oxygen atoms in total. The Morgan fingerprint density at radius 3 is 2.65 bits per heavy atom. The first kappa shape index (κ1) is 12.1. The third-order valence-electron chi connectivity index (χ3n) is 2.52. The number of ether oxygens (including phenoxy) is 3. The third-order valence-corrected chi connectivity index (χ3v) is 2.52. The van der Waals surface area contributed by atoms with Crippen molar-refractivity contribution in [3.8, 4) is 0 Å². The summed E-state index contributed by atoms with van der Waals surface area (Å²) < 4.78 is 16.3. The standard InChI is InChI=1S/C13H16O4/c1-9-8-12(16-10(2)14)17-13(15-9)11-6-4-3-5-7-11/h3-7,9,12-13H,8H2,1-2H3/t9-,12-,13-/m0/s1. The Balaban J connectivity index is 2.06. The quantitative estimate of drug-likeness (QED) is 0.740. The van der Waals surface area contributed by atoms with Gasteiger partial charge < -0.3 is 14.2 Å². The van der Waals surface area contributed by atoms with Crippen LogP contribution in [0.2, 0.25) is 0 Å². The van der Waals surface area contributed by atoms with Gasteiger partial charge in [-0.15, -0.1) is 0 Å². The second kappa shape index (κ2) is 5.29. The molecular formula is C13H16O4. The number of hydrogen-bond donors (Lipinski definition) is 0. The third kappa shape index (κ3) is 3.28. The molecule has 2 rings (SSSR count). The fourth-order valence-electron chi connectivity index (χ4n) is 1.79. The molecule has 0 spiro atoms. The second-order valence-corrected chi connectivity index (χ2v) is 4.10. The fourth-order valence-corrected chi connectivity index (χ4v) is 1.79. The predicted octanol–water partition coefficient (Wildman–Crippen LogP) is 2.40. The molecule has 0 bridgehead atoms. The van der Waals surface area contributed by atoms with Crippen LogP contribution < -0.4 is 0 Å². The van der Waals surface area contributed by atoms with Crippen molar-refractivity contribution in [1.82, 2.24) is 0 Å². The number of hydrogen-bond acceptors (Lipinski definition) is 4. The molecule has 1 aliphatic heterocycles. The average Bonchev–Trinajstić information content (AvgIpc) is 2.28. The van der Waals surface area contributed by atoms with Gasteiger partial charge in [0.2, 0.25) is 6.29 Å². The minimum atomic E-state index is -0.526. The fraction of sp³-hybridized carbons (Fsp3) is 0.462. The van der Waals surface area contributed by atoms with Crippen molar-refractivity contribution in [2.75, 3.05) is 0 Å². The SMILES string of the molecule is CC(=O)O[C@@H]1C[C@H](C)O[C@H](c2ccccc2)O1. The Morgan fingerprint density at radius 1 is 1.29 bits per heavy atom. The van der Waals surface area contributed by atoms with Gasteiger partial charge in [0.25, 0.3) is 0 Å². The lowest BCUT2D eigenvalue weighted by Gasteiger charge is -2.33. The van der Waals surface area contributed by atoms with Crippen molar-refractivity contribution in [3.05, 3.63) is 35.9 Å². The monoisotopic (exact) mass is 236 g/mol. The van der Waals surface area contributed by atoms with E-state index in [1.165, 1.54) is 6.92 Å². The lowest BCUT2D eigenvalue weighted by molar-refractivity contribution is -0.299. The molecule has 4 heteroatoms. The Labute approximate surface area is 100 Å². The van der Waals surface area contributed by atoms with Crippen molar-refractivity contribution >= 4 is 5.97 Å². The van der Waals surface area contributed by atoms with E-state index in [-0.39, 0.29) is 12.1 Å². The van der Waals surface area contributed by atoms with Crippen LogP contribution in [0.1, 0.15) is 32.1 Å². The molecule has 3 atom stereocenters. The Kier molecular flexibility index (Phi) is 3.76. The summed E-state index contributed by atoms with van der Waals surface area (Å²) >= 11 is 0. The van der Waals surface area contributed by atoms with E-state index in [0.717, 1.165) is 5.56 Å². The number of benzene rings is 1. The highest BCUT2D eigenvalue weighted by atomic mass is 16.8. The molecule has 1 aromatic carbocycles. The number of esters is 1. The summed E-state index contributed by atoms with van der Waals surface area (Å²) in [4.78, 5) is 10.9. The van der Waals surface area contributed by atoms with Gasteiger partial charge in [0.05, 0.1) is 6.10 Å². The van der Waals surface area contributed by atoms with Crippen molar-refractivity contribution < 1.29 is 19.0 Å². The van der Waals surface area contributed by atoms with E-state index in [1.54, 1.807) is 0 Å². The summed E-state index contributed by atoms with van der Waals surface area (Å²) in [5.41, 5.74) is 0.927. The van der Waals surface area contributed by atoms with E-state index < -0.39 is 12.6 Å². The zero-order valence-electron chi connectivity index (χ0n) is 9.96. The molecule has 0 radical (unpaired) electrons. The summed E-state index contributed by atoms with van der Waals surface area (Å²) in [6.07, 6.45) is -0.438. The Morgan fingerprint density at radius 2 is 2.00 bits per heavy atom. The maximum absolute atomic E-state index is 10.9. The molecule has 0 aromatic heterocycles. The maximum atomic E-state index is 10.9. The topological polar surface area (TPSA) is 44.8 Å². The van der Waals surface area contributed by atoms with E-state index in [2.05, 4.69) is 0 Å². The first-order valence-corrected chi connectivity index (χ1v) is 5.68. The highest BCUT2D eigenvalue weighted by molar-refractivity contribution is 5.66. The van der Waals surface area contributed by atoms with Gasteiger partial charge in [0.15, 0.2) is 6.29 Å². The smallest absolute Gasteiger partial charge is 0.304 e. The molecule has 1 fully saturated rings.